The van der Waals surface area contributed by atoms with Gasteiger partial charge in [0.25, 0.3) is 0 Å². The summed E-state index contributed by atoms with van der Waals surface area (Å²) in [5.74, 6) is 1.77. The number of halogens is 2. The Morgan fingerprint density at radius 3 is 2.78 bits per heavy atom. The van der Waals surface area contributed by atoms with Gasteiger partial charge in [-0.15, -0.1) is 12.4 Å². The van der Waals surface area contributed by atoms with Crippen LogP contribution in [0.15, 0.2) is 29.8 Å². The number of hydrogen-bond donors (Lipinski definition) is 1. The second-order valence-electron chi connectivity index (χ2n) is 7.04. The van der Waals surface area contributed by atoms with Gasteiger partial charge in [-0.25, -0.2) is 0 Å². The summed E-state index contributed by atoms with van der Waals surface area (Å²) < 4.78 is 0. The second-order valence-corrected chi connectivity index (χ2v) is 7.48. The maximum atomic E-state index is 6.54. The summed E-state index contributed by atoms with van der Waals surface area (Å²) in [6.07, 6.45) is 5.85. The highest BCUT2D eigenvalue weighted by Crippen LogP contribution is 2.47. The van der Waals surface area contributed by atoms with E-state index in [2.05, 4.69) is 19.9 Å². The van der Waals surface area contributed by atoms with Crippen molar-refractivity contribution >= 4 is 40.6 Å². The summed E-state index contributed by atoms with van der Waals surface area (Å²) in [5.41, 5.74) is 12.5. The van der Waals surface area contributed by atoms with Gasteiger partial charge in [-0.05, 0) is 55.2 Å². The normalized spacial score (nSPS) is 22.5. The summed E-state index contributed by atoms with van der Waals surface area (Å²) in [4.78, 5) is 4.90. The molecular weight excluding hydrogens is 327 g/mol. The fourth-order valence-electron chi connectivity index (χ4n) is 4.15. The number of nitrogens with zero attached hydrogens (tertiary/aromatic N) is 1. The summed E-state index contributed by atoms with van der Waals surface area (Å²) >= 11 is 6.11. The van der Waals surface area contributed by atoms with Gasteiger partial charge in [-0.2, -0.15) is 0 Å². The Kier molecular flexibility index (Phi) is 4.33. The zero-order chi connectivity index (χ0) is 15.4. The molecule has 0 fully saturated rings. The predicted molar refractivity (Wildman–Crippen MR) is 101 cm³/mol. The average molecular weight is 349 g/mol. The molecule has 2 nitrogen and oxygen atoms in total. The molecular formula is C19H22Cl2N2. The van der Waals surface area contributed by atoms with E-state index in [1.165, 1.54) is 17.7 Å². The van der Waals surface area contributed by atoms with Gasteiger partial charge in [-0.1, -0.05) is 37.1 Å². The maximum Gasteiger partial charge on any atom is 0.0741 e. The molecule has 0 amide bonds. The highest BCUT2D eigenvalue weighted by Gasteiger charge is 2.34. The molecule has 1 aromatic carbocycles. The third kappa shape index (κ3) is 2.72. The van der Waals surface area contributed by atoms with Gasteiger partial charge in [0.1, 0.15) is 0 Å². The van der Waals surface area contributed by atoms with Crippen LogP contribution in [0.4, 0.5) is 5.69 Å². The van der Waals surface area contributed by atoms with Gasteiger partial charge < -0.3 is 5.73 Å². The number of rotatable bonds is 1. The van der Waals surface area contributed by atoms with E-state index in [-0.39, 0.29) is 12.4 Å². The van der Waals surface area contributed by atoms with Crippen LogP contribution in [0.25, 0.3) is 10.9 Å². The number of aromatic nitrogens is 1. The van der Waals surface area contributed by atoms with Crippen LogP contribution in [0.3, 0.4) is 0 Å². The van der Waals surface area contributed by atoms with E-state index in [1.807, 2.05) is 18.2 Å². The Morgan fingerprint density at radius 2 is 2.04 bits per heavy atom. The highest BCUT2D eigenvalue weighted by molar-refractivity contribution is 6.31. The van der Waals surface area contributed by atoms with Crippen molar-refractivity contribution < 1.29 is 0 Å². The Labute approximate surface area is 148 Å². The predicted octanol–water partition coefficient (Wildman–Crippen LogP) is 5.52. The van der Waals surface area contributed by atoms with Crippen LogP contribution in [0.2, 0.25) is 5.02 Å². The zero-order valence-electron chi connectivity index (χ0n) is 13.5. The van der Waals surface area contributed by atoms with Crippen molar-refractivity contribution in [3.8, 4) is 0 Å². The Hall–Kier alpha value is -1.25. The van der Waals surface area contributed by atoms with Crippen LogP contribution in [0.1, 0.15) is 43.9 Å². The number of pyridine rings is 1. The van der Waals surface area contributed by atoms with Crippen molar-refractivity contribution in [2.75, 3.05) is 5.73 Å². The Morgan fingerprint density at radius 1 is 1.26 bits per heavy atom. The largest absolute Gasteiger partial charge is 0.398 e. The van der Waals surface area contributed by atoms with Crippen molar-refractivity contribution in [2.24, 2.45) is 11.8 Å². The van der Waals surface area contributed by atoms with Crippen molar-refractivity contribution in [1.29, 1.82) is 0 Å². The summed E-state index contributed by atoms with van der Waals surface area (Å²) in [6.45, 7) is 4.58. The third-order valence-corrected chi connectivity index (χ3v) is 5.47. The van der Waals surface area contributed by atoms with Crippen molar-refractivity contribution in [1.82, 2.24) is 4.98 Å². The molecule has 1 heterocycles. The molecule has 0 radical (unpaired) electrons. The number of allylic oxidation sites excluding steroid dienone is 2. The number of benzene rings is 1. The monoisotopic (exact) mass is 348 g/mol. The fraction of sp³-hybridized carbons (Fsp3) is 0.421. The van der Waals surface area contributed by atoms with E-state index in [1.54, 1.807) is 5.57 Å². The van der Waals surface area contributed by atoms with Crippen LogP contribution in [-0.2, 0) is 6.42 Å². The topological polar surface area (TPSA) is 38.9 Å². The molecule has 122 valence electrons. The molecule has 4 heteroatoms. The van der Waals surface area contributed by atoms with Crippen molar-refractivity contribution in [3.63, 3.8) is 0 Å². The molecule has 0 saturated heterocycles. The minimum atomic E-state index is 0. The van der Waals surface area contributed by atoms with Crippen LogP contribution < -0.4 is 5.73 Å². The molecule has 1 aromatic heterocycles. The minimum absolute atomic E-state index is 0. The van der Waals surface area contributed by atoms with Crippen LogP contribution in [0.5, 0.6) is 0 Å². The molecule has 0 aliphatic heterocycles. The SMILES string of the molecule is CC(C)C1=CC2Cc3nc4cc(Cl)ccc4c(N)c3C(C1)C2.Cl. The highest BCUT2D eigenvalue weighted by atomic mass is 35.5. The molecule has 2 aliphatic rings. The first kappa shape index (κ1) is 16.6. The van der Waals surface area contributed by atoms with Gasteiger partial charge >= 0.3 is 0 Å². The third-order valence-electron chi connectivity index (χ3n) is 5.23. The van der Waals surface area contributed by atoms with Gasteiger partial charge in [0.15, 0.2) is 0 Å². The van der Waals surface area contributed by atoms with Crippen LogP contribution in [0, 0.1) is 11.8 Å². The van der Waals surface area contributed by atoms with E-state index in [9.17, 15) is 0 Å². The lowest BCUT2D eigenvalue weighted by molar-refractivity contribution is 0.417. The average Bonchev–Trinajstić information content (AvgIpc) is 2.46. The lowest BCUT2D eigenvalue weighted by Gasteiger charge is -2.37. The zero-order valence-corrected chi connectivity index (χ0v) is 15.0. The fourth-order valence-corrected chi connectivity index (χ4v) is 4.32. The molecule has 2 bridgehead atoms. The first-order chi connectivity index (χ1) is 10.5. The number of hydrogen-bond acceptors (Lipinski definition) is 2. The van der Waals surface area contributed by atoms with Crippen molar-refractivity contribution in [2.45, 2.75) is 39.0 Å². The van der Waals surface area contributed by atoms with Gasteiger partial charge in [-0.3, -0.25) is 4.98 Å². The molecule has 2 N–H and O–H groups in total. The van der Waals surface area contributed by atoms with E-state index < -0.39 is 0 Å². The Bertz CT molecular complexity index is 796. The van der Waals surface area contributed by atoms with Crippen LogP contribution >= 0.6 is 24.0 Å². The number of nitrogens with two attached hydrogens (primary N) is 1. The molecule has 2 aromatic rings. The Balaban J connectivity index is 0.00000156. The molecule has 0 spiro atoms. The quantitative estimate of drug-likeness (QED) is 0.688. The maximum absolute atomic E-state index is 6.54. The lowest BCUT2D eigenvalue weighted by Crippen LogP contribution is -2.25. The first-order valence-corrected chi connectivity index (χ1v) is 8.49. The van der Waals surface area contributed by atoms with Gasteiger partial charge in [0.05, 0.1) is 5.52 Å². The molecule has 0 saturated carbocycles. The number of nitrogen functional groups attached to an aromatic ring is 1. The van der Waals surface area contributed by atoms with Crippen LogP contribution in [-0.4, -0.2) is 4.98 Å². The van der Waals surface area contributed by atoms with E-state index in [4.69, 9.17) is 22.3 Å². The van der Waals surface area contributed by atoms with Gasteiger partial charge in [0.2, 0.25) is 0 Å². The smallest absolute Gasteiger partial charge is 0.0741 e. The lowest BCUT2D eigenvalue weighted by atomic mass is 9.69. The summed E-state index contributed by atoms with van der Waals surface area (Å²) in [5, 5.41) is 1.76. The summed E-state index contributed by atoms with van der Waals surface area (Å²) in [7, 11) is 0. The minimum Gasteiger partial charge on any atom is -0.398 e. The van der Waals surface area contributed by atoms with E-state index in [0.717, 1.165) is 34.5 Å². The molecule has 2 aliphatic carbocycles. The molecule has 4 rings (SSSR count). The molecule has 2 unspecified atom stereocenters. The molecule has 23 heavy (non-hydrogen) atoms. The molecule has 2 atom stereocenters. The second kappa shape index (κ2) is 5.99. The van der Waals surface area contributed by atoms with Gasteiger partial charge in [0, 0.05) is 27.4 Å². The number of anilines is 1. The van der Waals surface area contributed by atoms with Crippen molar-refractivity contribution in [3.05, 3.63) is 46.1 Å². The first-order valence-electron chi connectivity index (χ1n) is 8.11. The number of fused-ring (bicyclic) bond motifs is 5. The van der Waals surface area contributed by atoms with E-state index >= 15 is 0 Å². The van der Waals surface area contributed by atoms with E-state index in [0.29, 0.717) is 17.8 Å². The standard InChI is InChI=1S/C19H21ClN2.ClH/c1-10(2)12-5-11-6-13(8-12)18-17(7-11)22-16-9-14(20)3-4-15(16)19(18)21;/h3-5,9-11,13H,6-8H2,1-2H3,(H2,21,22);1H. The summed E-state index contributed by atoms with van der Waals surface area (Å²) in [6, 6.07) is 5.84.